The second-order valence-corrected chi connectivity index (χ2v) is 9.32. The zero-order chi connectivity index (χ0) is 20.4. The van der Waals surface area contributed by atoms with Gasteiger partial charge in [0.15, 0.2) is 5.82 Å². The predicted octanol–water partition coefficient (Wildman–Crippen LogP) is 4.17. The molecule has 5 heterocycles. The Labute approximate surface area is 182 Å². The average Bonchev–Trinajstić information content (AvgIpc) is 3.51. The first-order valence-corrected chi connectivity index (χ1v) is 11.2. The fraction of sp³-hybridized carbons (Fsp3) is 0.269. The molecule has 0 unspecified atom stereocenters. The van der Waals surface area contributed by atoms with E-state index in [9.17, 15) is 0 Å². The highest BCUT2D eigenvalue weighted by Gasteiger charge is 2.43. The van der Waals surface area contributed by atoms with Crippen molar-refractivity contribution in [3.05, 3.63) is 78.8 Å². The van der Waals surface area contributed by atoms with Gasteiger partial charge < -0.3 is 14.8 Å². The predicted molar refractivity (Wildman–Crippen MR) is 124 cm³/mol. The van der Waals surface area contributed by atoms with Crippen LogP contribution in [0.5, 0.6) is 0 Å². The number of fused-ring (bicyclic) bond motifs is 5. The van der Waals surface area contributed by atoms with Crippen molar-refractivity contribution in [2.75, 3.05) is 31.1 Å². The molecule has 2 saturated heterocycles. The second-order valence-electron chi connectivity index (χ2n) is 9.32. The van der Waals surface area contributed by atoms with Crippen molar-refractivity contribution >= 4 is 5.69 Å². The van der Waals surface area contributed by atoms with Crippen LogP contribution in [-0.4, -0.2) is 40.3 Å². The van der Waals surface area contributed by atoms with Crippen LogP contribution in [0.2, 0.25) is 0 Å². The molecule has 0 radical (unpaired) electrons. The van der Waals surface area contributed by atoms with Crippen molar-refractivity contribution in [1.29, 1.82) is 0 Å². The van der Waals surface area contributed by atoms with Crippen molar-refractivity contribution in [3.63, 3.8) is 0 Å². The first-order chi connectivity index (χ1) is 15.3. The highest BCUT2D eigenvalue weighted by Crippen LogP contribution is 2.39. The van der Waals surface area contributed by atoms with Crippen molar-refractivity contribution in [2.45, 2.75) is 13.0 Å². The van der Waals surface area contributed by atoms with Gasteiger partial charge in [0.05, 0.1) is 11.4 Å². The highest BCUT2D eigenvalue weighted by atomic mass is 15.2. The number of rotatable bonds is 2. The van der Waals surface area contributed by atoms with E-state index in [-0.39, 0.29) is 0 Å². The lowest BCUT2D eigenvalue weighted by molar-refractivity contribution is 0.200. The Kier molecular flexibility index (Phi) is 3.56. The standard InChI is InChI=1S/C26H25N5/c1-2-4-19(5-3-1)20-13-24-25-28-9-11-31(25)23-7-6-22(12-21(23)15-30(24)14-20)29-10-8-26(18-29)16-27-17-26/h1-7,9,11-14,27H,8,10,15-18H2. The van der Waals surface area contributed by atoms with Crippen LogP contribution < -0.4 is 10.2 Å². The number of nitrogens with one attached hydrogen (secondary N) is 1. The second kappa shape index (κ2) is 6.34. The van der Waals surface area contributed by atoms with Crippen LogP contribution >= 0.6 is 0 Å². The van der Waals surface area contributed by atoms with Crippen LogP contribution in [-0.2, 0) is 6.54 Å². The quantitative estimate of drug-likeness (QED) is 0.477. The molecule has 1 spiro atoms. The molecule has 0 bridgehead atoms. The third kappa shape index (κ3) is 2.63. The van der Waals surface area contributed by atoms with Crippen LogP contribution in [0.3, 0.4) is 0 Å². The molecule has 2 aromatic heterocycles. The van der Waals surface area contributed by atoms with E-state index in [0.29, 0.717) is 5.41 Å². The molecule has 154 valence electrons. The summed E-state index contributed by atoms with van der Waals surface area (Å²) in [4.78, 5) is 7.30. The zero-order valence-corrected chi connectivity index (χ0v) is 17.5. The van der Waals surface area contributed by atoms with E-state index in [2.05, 4.69) is 86.3 Å². The Morgan fingerprint density at radius 1 is 0.968 bits per heavy atom. The topological polar surface area (TPSA) is 38.0 Å². The Hall–Kier alpha value is -3.31. The maximum absolute atomic E-state index is 4.73. The molecule has 4 aromatic rings. The average molecular weight is 408 g/mol. The molecule has 7 rings (SSSR count). The Morgan fingerprint density at radius 3 is 2.68 bits per heavy atom. The van der Waals surface area contributed by atoms with Crippen molar-refractivity contribution < 1.29 is 0 Å². The van der Waals surface area contributed by atoms with Gasteiger partial charge in [-0.05, 0) is 41.8 Å². The van der Waals surface area contributed by atoms with Gasteiger partial charge in [0.2, 0.25) is 0 Å². The Bertz CT molecular complexity index is 1280. The third-order valence-electron chi connectivity index (χ3n) is 7.34. The van der Waals surface area contributed by atoms with E-state index in [0.717, 1.165) is 18.9 Å². The summed E-state index contributed by atoms with van der Waals surface area (Å²) in [6.45, 7) is 5.52. The lowest BCUT2D eigenvalue weighted by Crippen LogP contribution is -2.54. The molecule has 2 fully saturated rings. The minimum absolute atomic E-state index is 0.502. The molecule has 5 nitrogen and oxygen atoms in total. The number of benzene rings is 2. The largest absolute Gasteiger partial charge is 0.371 e. The van der Waals surface area contributed by atoms with E-state index in [4.69, 9.17) is 4.98 Å². The molecule has 0 aliphatic carbocycles. The van der Waals surface area contributed by atoms with Gasteiger partial charge in [-0.3, -0.25) is 4.57 Å². The summed E-state index contributed by atoms with van der Waals surface area (Å²) in [6, 6.07) is 19.9. The molecule has 0 amide bonds. The summed E-state index contributed by atoms with van der Waals surface area (Å²) in [5.74, 6) is 1.01. The molecule has 1 N–H and O–H groups in total. The molecule has 3 aliphatic heterocycles. The molecule has 0 saturated carbocycles. The first-order valence-electron chi connectivity index (χ1n) is 11.2. The van der Waals surface area contributed by atoms with E-state index >= 15 is 0 Å². The van der Waals surface area contributed by atoms with Crippen LogP contribution in [0.1, 0.15) is 12.0 Å². The zero-order valence-electron chi connectivity index (χ0n) is 17.5. The van der Waals surface area contributed by atoms with E-state index in [1.807, 2.05) is 6.20 Å². The lowest BCUT2D eigenvalue weighted by atomic mass is 9.81. The van der Waals surface area contributed by atoms with E-state index in [1.54, 1.807) is 0 Å². The van der Waals surface area contributed by atoms with Gasteiger partial charge in [0.1, 0.15) is 0 Å². The van der Waals surface area contributed by atoms with Crippen LogP contribution in [0.25, 0.3) is 28.3 Å². The highest BCUT2D eigenvalue weighted by molar-refractivity contribution is 5.72. The maximum atomic E-state index is 4.73. The Balaban J connectivity index is 1.31. The summed E-state index contributed by atoms with van der Waals surface area (Å²) in [7, 11) is 0. The van der Waals surface area contributed by atoms with Gasteiger partial charge in [-0.25, -0.2) is 4.98 Å². The molecule has 3 aliphatic rings. The van der Waals surface area contributed by atoms with Gasteiger partial charge in [-0.15, -0.1) is 0 Å². The summed E-state index contributed by atoms with van der Waals surface area (Å²) in [6.07, 6.45) is 7.57. The molecule has 5 heteroatoms. The smallest absolute Gasteiger partial charge is 0.161 e. The van der Waals surface area contributed by atoms with Crippen molar-refractivity contribution in [3.8, 4) is 28.3 Å². The van der Waals surface area contributed by atoms with Crippen LogP contribution in [0.4, 0.5) is 5.69 Å². The molecule has 2 aromatic carbocycles. The first kappa shape index (κ1) is 17.4. The van der Waals surface area contributed by atoms with Crippen LogP contribution in [0, 0.1) is 5.41 Å². The molecule has 31 heavy (non-hydrogen) atoms. The van der Waals surface area contributed by atoms with Crippen molar-refractivity contribution in [1.82, 2.24) is 19.4 Å². The third-order valence-corrected chi connectivity index (χ3v) is 7.34. The number of hydrogen-bond acceptors (Lipinski definition) is 3. The fourth-order valence-electron chi connectivity index (χ4n) is 5.54. The minimum Gasteiger partial charge on any atom is -0.371 e. The number of anilines is 1. The van der Waals surface area contributed by atoms with Gasteiger partial charge in [0.25, 0.3) is 0 Å². The maximum Gasteiger partial charge on any atom is 0.161 e. The van der Waals surface area contributed by atoms with E-state index in [1.165, 1.54) is 59.8 Å². The van der Waals surface area contributed by atoms with Gasteiger partial charge >= 0.3 is 0 Å². The fourth-order valence-corrected chi connectivity index (χ4v) is 5.54. The number of nitrogens with zero attached hydrogens (tertiary/aromatic N) is 4. The monoisotopic (exact) mass is 407 g/mol. The van der Waals surface area contributed by atoms with Gasteiger partial charge in [-0.2, -0.15) is 0 Å². The molecule has 0 atom stereocenters. The molecular weight excluding hydrogens is 382 g/mol. The number of hydrogen-bond donors (Lipinski definition) is 1. The lowest BCUT2D eigenvalue weighted by Gasteiger charge is -2.39. The number of aromatic nitrogens is 3. The van der Waals surface area contributed by atoms with Crippen molar-refractivity contribution in [2.24, 2.45) is 5.41 Å². The Morgan fingerprint density at radius 2 is 1.87 bits per heavy atom. The van der Waals surface area contributed by atoms with Gasteiger partial charge in [-0.1, -0.05) is 30.3 Å². The van der Waals surface area contributed by atoms with Crippen LogP contribution in [0.15, 0.2) is 73.2 Å². The van der Waals surface area contributed by atoms with Gasteiger partial charge in [0, 0.05) is 68.0 Å². The summed E-state index contributed by atoms with van der Waals surface area (Å²) in [5.41, 5.74) is 8.09. The normalized spacial score (nSPS) is 18.3. The summed E-state index contributed by atoms with van der Waals surface area (Å²) < 4.78 is 4.60. The minimum atomic E-state index is 0.502. The summed E-state index contributed by atoms with van der Waals surface area (Å²) in [5, 5.41) is 3.47. The van der Waals surface area contributed by atoms with E-state index < -0.39 is 0 Å². The summed E-state index contributed by atoms with van der Waals surface area (Å²) >= 11 is 0. The number of imidazole rings is 1. The SMILES string of the molecule is c1ccc(-c2cc3n(c2)Cc2cc(N4CCC5(CNC5)C4)ccc2-n2ccnc2-3)cc1. The molecular formula is C26H25N5.